The summed E-state index contributed by atoms with van der Waals surface area (Å²) in [4.78, 5) is 0. The maximum atomic E-state index is 12.0. The number of hydrogen-bond acceptors (Lipinski definition) is 4. The third-order valence-electron chi connectivity index (χ3n) is 3.40. The van der Waals surface area contributed by atoms with E-state index in [1.165, 1.54) is 6.20 Å². The summed E-state index contributed by atoms with van der Waals surface area (Å²) in [5.74, 6) is 0.418. The number of hydrogen-bond donors (Lipinski definition) is 3. The van der Waals surface area contributed by atoms with E-state index < -0.39 is 10.0 Å². The Morgan fingerprint density at radius 3 is 2.82 bits per heavy atom. The van der Waals surface area contributed by atoms with Crippen LogP contribution in [0.1, 0.15) is 25.8 Å². The fraction of sp³-hybridized carbons (Fsp3) is 0.700. The highest BCUT2D eigenvalue weighted by molar-refractivity contribution is 7.89. The van der Waals surface area contributed by atoms with E-state index in [0.29, 0.717) is 18.0 Å². The van der Waals surface area contributed by atoms with E-state index in [2.05, 4.69) is 28.8 Å². The van der Waals surface area contributed by atoms with Crippen LogP contribution in [0.15, 0.2) is 11.2 Å². The predicted molar refractivity (Wildman–Crippen MR) is 63.6 cm³/mol. The Bertz CT molecular complexity index is 506. The minimum Gasteiger partial charge on any atom is -0.326 e. The Morgan fingerprint density at radius 1 is 1.65 bits per heavy atom. The van der Waals surface area contributed by atoms with Crippen molar-refractivity contribution < 1.29 is 8.42 Å². The Hall–Kier alpha value is -0.920. The third-order valence-corrected chi connectivity index (χ3v) is 4.84. The number of sulfonamides is 1. The molecule has 1 unspecified atom stereocenters. The SMILES string of the molecule is CC1(C)CC1CNS(=O)(=O)c1[nH]ncc1CN. The molecule has 0 amide bonds. The molecule has 7 heteroatoms. The second kappa shape index (κ2) is 4.08. The topological polar surface area (TPSA) is 101 Å². The first-order valence-corrected chi connectivity index (χ1v) is 7.07. The normalized spacial score (nSPS) is 22.6. The molecule has 6 nitrogen and oxygen atoms in total. The lowest BCUT2D eigenvalue weighted by Gasteiger charge is -2.07. The molecule has 17 heavy (non-hydrogen) atoms. The molecule has 1 aromatic rings. The van der Waals surface area contributed by atoms with E-state index in [9.17, 15) is 8.42 Å². The van der Waals surface area contributed by atoms with E-state index in [4.69, 9.17) is 5.73 Å². The Balaban J connectivity index is 2.05. The molecule has 1 atom stereocenters. The lowest BCUT2D eigenvalue weighted by atomic mass is 10.1. The van der Waals surface area contributed by atoms with Crippen LogP contribution in [0.5, 0.6) is 0 Å². The van der Waals surface area contributed by atoms with Gasteiger partial charge in [-0.05, 0) is 17.8 Å². The van der Waals surface area contributed by atoms with Crippen molar-refractivity contribution in [3.05, 3.63) is 11.8 Å². The van der Waals surface area contributed by atoms with Crippen molar-refractivity contribution in [3.8, 4) is 0 Å². The van der Waals surface area contributed by atoms with Crippen molar-refractivity contribution in [3.63, 3.8) is 0 Å². The van der Waals surface area contributed by atoms with Crippen molar-refractivity contribution in [2.75, 3.05) is 6.54 Å². The van der Waals surface area contributed by atoms with E-state index in [0.717, 1.165) is 6.42 Å². The van der Waals surface area contributed by atoms with Crippen LogP contribution >= 0.6 is 0 Å². The number of aromatic amines is 1. The summed E-state index contributed by atoms with van der Waals surface area (Å²) in [6, 6.07) is 0. The van der Waals surface area contributed by atoms with Crippen LogP contribution in [-0.4, -0.2) is 25.2 Å². The van der Waals surface area contributed by atoms with Gasteiger partial charge in [0.2, 0.25) is 0 Å². The van der Waals surface area contributed by atoms with Gasteiger partial charge in [-0.25, -0.2) is 13.1 Å². The van der Waals surface area contributed by atoms with Crippen LogP contribution in [0.3, 0.4) is 0 Å². The van der Waals surface area contributed by atoms with Crippen molar-refractivity contribution in [1.82, 2.24) is 14.9 Å². The predicted octanol–water partition coefficient (Wildman–Crippen LogP) is 0.193. The zero-order valence-electron chi connectivity index (χ0n) is 10.0. The molecule has 0 bridgehead atoms. The fourth-order valence-electron chi connectivity index (χ4n) is 1.88. The van der Waals surface area contributed by atoms with Crippen LogP contribution in [0.2, 0.25) is 0 Å². The molecular weight excluding hydrogens is 240 g/mol. The molecule has 96 valence electrons. The van der Waals surface area contributed by atoms with Gasteiger partial charge in [0.05, 0.1) is 6.20 Å². The van der Waals surface area contributed by atoms with Crippen LogP contribution in [-0.2, 0) is 16.6 Å². The monoisotopic (exact) mass is 258 g/mol. The number of nitrogens with one attached hydrogen (secondary N) is 2. The Morgan fingerprint density at radius 2 is 2.29 bits per heavy atom. The van der Waals surface area contributed by atoms with Gasteiger partial charge in [-0.1, -0.05) is 13.8 Å². The van der Waals surface area contributed by atoms with Gasteiger partial charge in [0, 0.05) is 18.7 Å². The second-order valence-electron chi connectivity index (χ2n) is 5.17. The number of H-pyrrole nitrogens is 1. The molecule has 0 spiro atoms. The van der Waals surface area contributed by atoms with Crippen molar-refractivity contribution in [1.29, 1.82) is 0 Å². The molecule has 0 aliphatic heterocycles. The first kappa shape index (κ1) is 12.5. The minimum atomic E-state index is -3.51. The smallest absolute Gasteiger partial charge is 0.257 e. The summed E-state index contributed by atoms with van der Waals surface area (Å²) >= 11 is 0. The summed E-state index contributed by atoms with van der Waals surface area (Å²) in [6.07, 6.45) is 2.50. The molecule has 2 rings (SSSR count). The van der Waals surface area contributed by atoms with Crippen LogP contribution in [0.25, 0.3) is 0 Å². The zero-order chi connectivity index (χ0) is 12.7. The third kappa shape index (κ3) is 2.51. The first-order valence-electron chi connectivity index (χ1n) is 5.59. The standard InChI is InChI=1S/C10H18N4O2S/c1-10(2)3-8(10)6-13-17(15,16)9-7(4-11)5-12-14-9/h5,8,13H,3-4,6,11H2,1-2H3,(H,12,14). The van der Waals surface area contributed by atoms with Gasteiger partial charge >= 0.3 is 0 Å². The average Bonchev–Trinajstić information content (AvgIpc) is 2.66. The zero-order valence-corrected chi connectivity index (χ0v) is 10.8. The van der Waals surface area contributed by atoms with Crippen molar-refractivity contribution >= 4 is 10.0 Å². The van der Waals surface area contributed by atoms with Crippen molar-refractivity contribution in [2.24, 2.45) is 17.1 Å². The summed E-state index contributed by atoms with van der Waals surface area (Å²) in [7, 11) is -3.51. The van der Waals surface area contributed by atoms with Gasteiger partial charge in [-0.2, -0.15) is 5.10 Å². The van der Waals surface area contributed by atoms with E-state index >= 15 is 0 Å². The van der Waals surface area contributed by atoms with E-state index in [-0.39, 0.29) is 17.0 Å². The lowest BCUT2D eigenvalue weighted by Crippen LogP contribution is -2.28. The lowest BCUT2D eigenvalue weighted by molar-refractivity contribution is 0.535. The molecule has 1 aromatic heterocycles. The van der Waals surface area contributed by atoms with E-state index in [1.54, 1.807) is 0 Å². The maximum Gasteiger partial charge on any atom is 0.257 e. The van der Waals surface area contributed by atoms with Gasteiger partial charge in [-0.3, -0.25) is 5.10 Å². The second-order valence-corrected chi connectivity index (χ2v) is 6.87. The summed E-state index contributed by atoms with van der Waals surface area (Å²) < 4.78 is 26.6. The molecule has 1 saturated carbocycles. The first-order chi connectivity index (χ1) is 7.87. The Kier molecular flexibility index (Phi) is 3.01. The van der Waals surface area contributed by atoms with Gasteiger partial charge in [-0.15, -0.1) is 0 Å². The summed E-state index contributed by atoms with van der Waals surface area (Å²) in [6.45, 7) is 4.89. The molecule has 1 fully saturated rings. The molecule has 1 heterocycles. The van der Waals surface area contributed by atoms with E-state index in [1.807, 2.05) is 0 Å². The van der Waals surface area contributed by atoms with Crippen molar-refractivity contribution in [2.45, 2.75) is 31.8 Å². The van der Waals surface area contributed by atoms with Gasteiger partial charge < -0.3 is 5.73 Å². The number of nitrogens with two attached hydrogens (primary N) is 1. The van der Waals surface area contributed by atoms with Gasteiger partial charge in [0.15, 0.2) is 5.03 Å². The number of nitrogens with zero attached hydrogens (tertiary/aromatic N) is 1. The molecule has 0 saturated heterocycles. The van der Waals surface area contributed by atoms with Crippen LogP contribution in [0.4, 0.5) is 0 Å². The number of aromatic nitrogens is 2. The fourth-order valence-corrected chi connectivity index (χ4v) is 3.10. The van der Waals surface area contributed by atoms with Crippen LogP contribution in [0, 0.1) is 11.3 Å². The highest BCUT2D eigenvalue weighted by Crippen LogP contribution is 2.51. The number of rotatable bonds is 5. The van der Waals surface area contributed by atoms with Crippen LogP contribution < -0.4 is 10.5 Å². The molecule has 0 radical (unpaired) electrons. The highest BCUT2D eigenvalue weighted by atomic mass is 32.2. The molecule has 0 aromatic carbocycles. The van der Waals surface area contributed by atoms with Gasteiger partial charge in [0.1, 0.15) is 0 Å². The quantitative estimate of drug-likeness (QED) is 0.702. The maximum absolute atomic E-state index is 12.0. The molecule has 1 aliphatic carbocycles. The minimum absolute atomic E-state index is 0.0819. The van der Waals surface area contributed by atoms with Gasteiger partial charge in [0.25, 0.3) is 10.0 Å². The summed E-state index contributed by atoms with van der Waals surface area (Å²) in [5.41, 5.74) is 6.22. The summed E-state index contributed by atoms with van der Waals surface area (Å²) in [5, 5.41) is 6.27. The largest absolute Gasteiger partial charge is 0.326 e. The highest BCUT2D eigenvalue weighted by Gasteiger charge is 2.45. The molecular formula is C10H18N4O2S. The Labute approximate surface area is 101 Å². The average molecular weight is 258 g/mol. The molecule has 4 N–H and O–H groups in total. The molecule has 1 aliphatic rings.